The number of rotatable bonds is 7. The molecule has 114 valence electrons. The van der Waals surface area contributed by atoms with Gasteiger partial charge in [-0.1, -0.05) is 44.9 Å². The molecule has 0 aliphatic carbocycles. The third-order valence-electron chi connectivity index (χ3n) is 3.47. The first-order valence-electron chi connectivity index (χ1n) is 7.27. The molecule has 0 fully saturated rings. The van der Waals surface area contributed by atoms with Crippen LogP contribution in [-0.2, 0) is 12.8 Å². The van der Waals surface area contributed by atoms with Crippen LogP contribution in [0.5, 0.6) is 0 Å². The Bertz CT molecular complexity index is 386. The van der Waals surface area contributed by atoms with Gasteiger partial charge in [-0.05, 0) is 42.4 Å². The predicted molar refractivity (Wildman–Crippen MR) is 74.7 cm³/mol. The number of aliphatic hydroxyl groups is 1. The lowest BCUT2D eigenvalue weighted by Crippen LogP contribution is -2.23. The van der Waals surface area contributed by atoms with Crippen LogP contribution in [0.1, 0.15) is 62.3 Å². The van der Waals surface area contributed by atoms with E-state index in [1.165, 1.54) is 0 Å². The Balaban J connectivity index is 3.17. The molecule has 1 aromatic rings. The van der Waals surface area contributed by atoms with E-state index in [9.17, 15) is 18.3 Å². The molecule has 0 aliphatic heterocycles. The number of alkyl halides is 3. The van der Waals surface area contributed by atoms with E-state index in [1.807, 2.05) is 13.8 Å². The maximum Gasteiger partial charge on any atom is 0.418 e. The molecule has 0 amide bonds. The fourth-order valence-electron chi connectivity index (χ4n) is 2.35. The third-order valence-corrected chi connectivity index (χ3v) is 3.47. The monoisotopic (exact) mass is 288 g/mol. The molecule has 0 bridgehead atoms. The van der Waals surface area contributed by atoms with Gasteiger partial charge in [-0.3, -0.25) is 0 Å². The zero-order valence-electron chi connectivity index (χ0n) is 12.1. The largest absolute Gasteiger partial charge is 0.418 e. The zero-order chi connectivity index (χ0) is 15.2. The van der Waals surface area contributed by atoms with E-state index >= 15 is 0 Å². The van der Waals surface area contributed by atoms with Crippen molar-refractivity contribution in [1.82, 2.24) is 0 Å². The molecule has 0 radical (unpaired) electrons. The lowest BCUT2D eigenvalue weighted by atomic mass is 9.90. The third kappa shape index (κ3) is 4.51. The standard InChI is InChI=1S/C16H23F3O/c1-3-5-8-12-10-7-11-13(9-6-4-2)14(12)15(20)16(17,18)19/h7,10-11,15,20H,3-6,8-9H2,1-2H3. The summed E-state index contributed by atoms with van der Waals surface area (Å²) in [6.07, 6.45) is -2.32. The van der Waals surface area contributed by atoms with Crippen LogP contribution in [0.25, 0.3) is 0 Å². The van der Waals surface area contributed by atoms with Gasteiger partial charge >= 0.3 is 6.18 Å². The molecule has 4 heteroatoms. The van der Waals surface area contributed by atoms with Crippen molar-refractivity contribution in [2.24, 2.45) is 0 Å². The number of halogens is 3. The van der Waals surface area contributed by atoms with E-state index in [4.69, 9.17) is 0 Å². The minimum atomic E-state index is -4.61. The molecule has 0 aromatic heterocycles. The predicted octanol–water partition coefficient (Wildman–Crippen LogP) is 4.97. The second-order valence-corrected chi connectivity index (χ2v) is 5.14. The van der Waals surface area contributed by atoms with Crippen molar-refractivity contribution < 1.29 is 18.3 Å². The number of hydrogen-bond acceptors (Lipinski definition) is 1. The van der Waals surface area contributed by atoms with Crippen LogP contribution in [0.3, 0.4) is 0 Å². The molecular formula is C16H23F3O. The fraction of sp³-hybridized carbons (Fsp3) is 0.625. The van der Waals surface area contributed by atoms with Gasteiger partial charge < -0.3 is 5.11 Å². The van der Waals surface area contributed by atoms with Gasteiger partial charge in [-0.2, -0.15) is 13.2 Å². The van der Waals surface area contributed by atoms with Crippen LogP contribution in [0, 0.1) is 0 Å². The number of benzene rings is 1. The maximum absolute atomic E-state index is 12.9. The van der Waals surface area contributed by atoms with Gasteiger partial charge in [0.25, 0.3) is 0 Å². The average molecular weight is 288 g/mol. The quantitative estimate of drug-likeness (QED) is 0.751. The summed E-state index contributed by atoms with van der Waals surface area (Å²) >= 11 is 0. The van der Waals surface area contributed by atoms with Crippen LogP contribution in [0.2, 0.25) is 0 Å². The number of hydrogen-bond donors (Lipinski definition) is 1. The smallest absolute Gasteiger partial charge is 0.379 e. The normalized spacial score (nSPS) is 13.5. The first kappa shape index (κ1) is 17.0. The molecule has 0 saturated carbocycles. The number of aliphatic hydroxyl groups excluding tert-OH is 1. The van der Waals surface area contributed by atoms with Gasteiger partial charge in [-0.15, -0.1) is 0 Å². The highest BCUT2D eigenvalue weighted by Gasteiger charge is 2.41. The molecule has 0 aliphatic rings. The lowest BCUT2D eigenvalue weighted by molar-refractivity contribution is -0.207. The van der Waals surface area contributed by atoms with E-state index in [0.29, 0.717) is 24.0 Å². The summed E-state index contributed by atoms with van der Waals surface area (Å²) in [6.45, 7) is 4.00. The van der Waals surface area contributed by atoms with Crippen LogP contribution >= 0.6 is 0 Å². The Labute approximate surface area is 118 Å². The van der Waals surface area contributed by atoms with Gasteiger partial charge in [0.2, 0.25) is 0 Å². The highest BCUT2D eigenvalue weighted by Crippen LogP contribution is 2.37. The van der Waals surface area contributed by atoms with Gasteiger partial charge in [0.1, 0.15) is 0 Å². The van der Waals surface area contributed by atoms with E-state index in [-0.39, 0.29) is 5.56 Å². The van der Waals surface area contributed by atoms with Crippen molar-refractivity contribution >= 4 is 0 Å². The molecule has 1 rings (SSSR count). The van der Waals surface area contributed by atoms with Crippen LogP contribution < -0.4 is 0 Å². The van der Waals surface area contributed by atoms with Gasteiger partial charge in [0, 0.05) is 0 Å². The molecule has 0 spiro atoms. The summed E-state index contributed by atoms with van der Waals surface area (Å²) in [6, 6.07) is 5.20. The van der Waals surface area contributed by atoms with E-state index in [2.05, 4.69) is 0 Å². The zero-order valence-corrected chi connectivity index (χ0v) is 12.1. The van der Waals surface area contributed by atoms with Crippen molar-refractivity contribution in [1.29, 1.82) is 0 Å². The lowest BCUT2D eigenvalue weighted by Gasteiger charge is -2.22. The summed E-state index contributed by atoms with van der Waals surface area (Å²) < 4.78 is 38.7. The van der Waals surface area contributed by atoms with E-state index in [1.54, 1.807) is 18.2 Å². The molecule has 1 aromatic carbocycles. The maximum atomic E-state index is 12.9. The Kier molecular flexibility index (Phi) is 6.53. The highest BCUT2D eigenvalue weighted by atomic mass is 19.4. The second kappa shape index (κ2) is 7.67. The van der Waals surface area contributed by atoms with Crippen LogP contribution in [0.4, 0.5) is 13.2 Å². The molecule has 0 heterocycles. The first-order valence-corrected chi connectivity index (χ1v) is 7.27. The minimum absolute atomic E-state index is 0.0851. The molecular weight excluding hydrogens is 265 g/mol. The summed E-state index contributed by atoms with van der Waals surface area (Å²) in [5, 5.41) is 9.69. The van der Waals surface area contributed by atoms with Crippen LogP contribution in [-0.4, -0.2) is 11.3 Å². The highest BCUT2D eigenvalue weighted by molar-refractivity contribution is 5.38. The SMILES string of the molecule is CCCCc1cccc(CCCC)c1C(O)C(F)(F)F. The van der Waals surface area contributed by atoms with Crippen molar-refractivity contribution in [2.45, 2.75) is 64.7 Å². The van der Waals surface area contributed by atoms with Gasteiger partial charge in [0.15, 0.2) is 6.10 Å². The van der Waals surface area contributed by atoms with Crippen molar-refractivity contribution in [2.75, 3.05) is 0 Å². The van der Waals surface area contributed by atoms with Gasteiger partial charge in [0.05, 0.1) is 0 Å². The molecule has 1 nitrogen and oxygen atoms in total. The molecule has 0 saturated heterocycles. The number of aryl methyl sites for hydroxylation is 2. The summed E-state index contributed by atoms with van der Waals surface area (Å²) in [7, 11) is 0. The average Bonchev–Trinajstić information content (AvgIpc) is 2.40. The minimum Gasteiger partial charge on any atom is -0.379 e. The Morgan fingerprint density at radius 2 is 1.45 bits per heavy atom. The molecule has 20 heavy (non-hydrogen) atoms. The Hall–Kier alpha value is -1.03. The van der Waals surface area contributed by atoms with Gasteiger partial charge in [-0.25, -0.2) is 0 Å². The molecule has 1 atom stereocenters. The van der Waals surface area contributed by atoms with E-state index in [0.717, 1.165) is 25.7 Å². The fourth-order valence-corrected chi connectivity index (χ4v) is 2.35. The van der Waals surface area contributed by atoms with Crippen molar-refractivity contribution in [3.05, 3.63) is 34.9 Å². The topological polar surface area (TPSA) is 20.2 Å². The Morgan fingerprint density at radius 1 is 1.00 bits per heavy atom. The summed E-state index contributed by atoms with van der Waals surface area (Å²) in [5.41, 5.74) is 1.34. The van der Waals surface area contributed by atoms with Crippen molar-refractivity contribution in [3.8, 4) is 0 Å². The van der Waals surface area contributed by atoms with Crippen molar-refractivity contribution in [3.63, 3.8) is 0 Å². The summed E-state index contributed by atoms with van der Waals surface area (Å²) in [4.78, 5) is 0. The summed E-state index contributed by atoms with van der Waals surface area (Å²) in [5.74, 6) is 0. The first-order chi connectivity index (χ1) is 9.41. The Morgan fingerprint density at radius 3 is 1.80 bits per heavy atom. The molecule has 1 unspecified atom stereocenters. The second-order valence-electron chi connectivity index (χ2n) is 5.14. The van der Waals surface area contributed by atoms with Crippen LogP contribution in [0.15, 0.2) is 18.2 Å². The number of unbranched alkanes of at least 4 members (excludes halogenated alkanes) is 2. The van der Waals surface area contributed by atoms with E-state index < -0.39 is 12.3 Å². The molecule has 1 N–H and O–H groups in total.